The van der Waals surface area contributed by atoms with Crippen LogP contribution in [0.4, 0.5) is 5.82 Å². The van der Waals surface area contributed by atoms with Gasteiger partial charge in [0.25, 0.3) is 5.91 Å². The zero-order valence-corrected chi connectivity index (χ0v) is 17.2. The van der Waals surface area contributed by atoms with E-state index in [0.717, 1.165) is 44.1 Å². The van der Waals surface area contributed by atoms with Gasteiger partial charge in [0.05, 0.1) is 5.56 Å². The summed E-state index contributed by atoms with van der Waals surface area (Å²) in [6, 6.07) is 14.1. The van der Waals surface area contributed by atoms with Crippen LogP contribution in [0.25, 0.3) is 0 Å². The molecule has 0 atom stereocenters. The van der Waals surface area contributed by atoms with Gasteiger partial charge in [-0.15, -0.1) is 0 Å². The van der Waals surface area contributed by atoms with Gasteiger partial charge in [0.2, 0.25) is 0 Å². The van der Waals surface area contributed by atoms with Crippen molar-refractivity contribution in [3.63, 3.8) is 0 Å². The van der Waals surface area contributed by atoms with Gasteiger partial charge in [-0.25, -0.2) is 4.98 Å². The number of hydrogen-bond donors (Lipinski definition) is 0. The molecule has 0 aliphatic carbocycles. The Morgan fingerprint density at radius 3 is 2.32 bits per heavy atom. The Hall–Kier alpha value is -2.40. The van der Waals surface area contributed by atoms with E-state index in [1.165, 1.54) is 12.8 Å². The van der Waals surface area contributed by atoms with Gasteiger partial charge in [0, 0.05) is 38.9 Å². The average Bonchev–Trinajstić information content (AvgIpc) is 3.29. The van der Waals surface area contributed by atoms with Crippen LogP contribution in [0.15, 0.2) is 48.7 Å². The minimum absolute atomic E-state index is 0.0523. The fraction of sp³-hybridized carbons (Fsp3) is 0.478. The van der Waals surface area contributed by atoms with Gasteiger partial charge >= 0.3 is 0 Å². The fourth-order valence-electron chi connectivity index (χ4n) is 3.69. The number of nitrogens with zero attached hydrogens (tertiary/aromatic N) is 4. The third-order valence-electron chi connectivity index (χ3n) is 5.51. The van der Waals surface area contributed by atoms with Crippen LogP contribution in [0, 0.1) is 0 Å². The first-order valence-electron chi connectivity index (χ1n) is 10.5. The highest BCUT2D eigenvalue weighted by atomic mass is 16.2. The van der Waals surface area contributed by atoms with Crippen LogP contribution in [0.1, 0.15) is 42.6 Å². The minimum atomic E-state index is 0.0523. The topological polar surface area (TPSA) is 39.7 Å². The zero-order valence-electron chi connectivity index (χ0n) is 17.2. The SMILES string of the molecule is CCN(CC)CCN(Cc1ccccc1)C(=O)c1ccc(N2CCCC2)nc1. The summed E-state index contributed by atoms with van der Waals surface area (Å²) in [4.78, 5) is 24.4. The second kappa shape index (κ2) is 10.2. The third kappa shape index (κ3) is 5.32. The van der Waals surface area contributed by atoms with Crippen LogP contribution >= 0.6 is 0 Å². The zero-order chi connectivity index (χ0) is 19.8. The van der Waals surface area contributed by atoms with E-state index in [4.69, 9.17) is 0 Å². The molecule has 1 saturated heterocycles. The molecule has 0 saturated carbocycles. The smallest absolute Gasteiger partial charge is 0.255 e. The summed E-state index contributed by atoms with van der Waals surface area (Å²) >= 11 is 0. The van der Waals surface area contributed by atoms with E-state index in [-0.39, 0.29) is 5.91 Å². The lowest BCUT2D eigenvalue weighted by Gasteiger charge is -2.27. The van der Waals surface area contributed by atoms with E-state index in [1.807, 2.05) is 35.2 Å². The maximum Gasteiger partial charge on any atom is 0.255 e. The fourth-order valence-corrected chi connectivity index (χ4v) is 3.69. The van der Waals surface area contributed by atoms with E-state index in [1.54, 1.807) is 6.20 Å². The summed E-state index contributed by atoms with van der Waals surface area (Å²) in [5, 5.41) is 0. The van der Waals surface area contributed by atoms with Gasteiger partial charge in [-0.2, -0.15) is 0 Å². The molecule has 150 valence electrons. The van der Waals surface area contributed by atoms with Crippen molar-refractivity contribution in [2.75, 3.05) is 44.2 Å². The predicted molar refractivity (Wildman–Crippen MR) is 115 cm³/mol. The molecule has 28 heavy (non-hydrogen) atoms. The molecule has 1 fully saturated rings. The number of likely N-dealkylation sites (N-methyl/N-ethyl adjacent to an activating group) is 1. The summed E-state index contributed by atoms with van der Waals surface area (Å²) in [5.74, 6) is 1.03. The molecule has 3 rings (SSSR count). The van der Waals surface area contributed by atoms with E-state index >= 15 is 0 Å². The third-order valence-corrected chi connectivity index (χ3v) is 5.51. The molecule has 2 heterocycles. The number of aromatic nitrogens is 1. The Morgan fingerprint density at radius 2 is 1.71 bits per heavy atom. The molecule has 0 bridgehead atoms. The summed E-state index contributed by atoms with van der Waals surface area (Å²) < 4.78 is 0. The summed E-state index contributed by atoms with van der Waals surface area (Å²) in [6.45, 7) is 10.6. The molecule has 1 aromatic carbocycles. The van der Waals surface area contributed by atoms with Crippen LogP contribution in [-0.2, 0) is 6.54 Å². The van der Waals surface area contributed by atoms with Crippen molar-refractivity contribution in [2.45, 2.75) is 33.2 Å². The molecule has 5 nitrogen and oxygen atoms in total. The van der Waals surface area contributed by atoms with Crippen molar-refractivity contribution >= 4 is 11.7 Å². The maximum atomic E-state index is 13.2. The van der Waals surface area contributed by atoms with Crippen molar-refractivity contribution in [1.29, 1.82) is 0 Å². The number of carbonyl (C=O) groups excluding carboxylic acids is 1. The van der Waals surface area contributed by atoms with Gasteiger partial charge in [-0.05, 0) is 43.6 Å². The highest BCUT2D eigenvalue weighted by Gasteiger charge is 2.19. The monoisotopic (exact) mass is 380 g/mol. The standard InChI is InChI=1S/C23H32N4O/c1-3-25(4-2)16-17-27(19-20-10-6-5-7-11-20)23(28)21-12-13-22(24-18-21)26-14-8-9-15-26/h5-7,10-13,18H,3-4,8-9,14-17,19H2,1-2H3. The number of hydrogen-bond acceptors (Lipinski definition) is 4. The lowest BCUT2D eigenvalue weighted by Crippen LogP contribution is -2.38. The van der Waals surface area contributed by atoms with Gasteiger partial charge in [0.15, 0.2) is 0 Å². The predicted octanol–water partition coefficient (Wildman–Crippen LogP) is 3.67. The van der Waals surface area contributed by atoms with Crippen LogP contribution in [0.5, 0.6) is 0 Å². The molecule has 0 spiro atoms. The normalized spacial score (nSPS) is 13.9. The first-order chi connectivity index (χ1) is 13.7. The summed E-state index contributed by atoms with van der Waals surface area (Å²) in [6.07, 6.45) is 4.18. The Bertz CT molecular complexity index is 722. The number of amides is 1. The Balaban J connectivity index is 1.72. The highest BCUT2D eigenvalue weighted by molar-refractivity contribution is 5.94. The van der Waals surface area contributed by atoms with Crippen LogP contribution < -0.4 is 4.90 Å². The number of pyridine rings is 1. The molecule has 5 heteroatoms. The molecular weight excluding hydrogens is 348 g/mol. The van der Waals surface area contributed by atoms with Crippen molar-refractivity contribution < 1.29 is 4.79 Å². The Labute approximate surface area is 169 Å². The number of anilines is 1. The Kier molecular flexibility index (Phi) is 7.43. The van der Waals surface area contributed by atoms with E-state index in [0.29, 0.717) is 18.7 Å². The van der Waals surface area contributed by atoms with E-state index in [9.17, 15) is 4.79 Å². The van der Waals surface area contributed by atoms with E-state index in [2.05, 4.69) is 40.8 Å². The van der Waals surface area contributed by atoms with Crippen molar-refractivity contribution in [3.05, 3.63) is 59.8 Å². The van der Waals surface area contributed by atoms with Crippen molar-refractivity contribution in [3.8, 4) is 0 Å². The highest BCUT2D eigenvalue weighted by Crippen LogP contribution is 2.18. The number of rotatable bonds is 9. The van der Waals surface area contributed by atoms with Gasteiger partial charge in [-0.3, -0.25) is 4.79 Å². The van der Waals surface area contributed by atoms with Gasteiger partial charge < -0.3 is 14.7 Å². The number of benzene rings is 1. The molecular formula is C23H32N4O. The summed E-state index contributed by atoms with van der Waals surface area (Å²) in [7, 11) is 0. The van der Waals surface area contributed by atoms with Gasteiger partial charge in [-0.1, -0.05) is 44.2 Å². The first-order valence-corrected chi connectivity index (χ1v) is 10.5. The molecule has 0 N–H and O–H groups in total. The van der Waals surface area contributed by atoms with Gasteiger partial charge in [0.1, 0.15) is 5.82 Å². The van der Waals surface area contributed by atoms with Crippen LogP contribution in [-0.4, -0.2) is 60.0 Å². The lowest BCUT2D eigenvalue weighted by atomic mass is 10.2. The summed E-state index contributed by atoms with van der Waals surface area (Å²) in [5.41, 5.74) is 1.82. The lowest BCUT2D eigenvalue weighted by molar-refractivity contribution is 0.0723. The quantitative estimate of drug-likeness (QED) is 0.665. The molecule has 1 aliphatic heterocycles. The second-order valence-corrected chi connectivity index (χ2v) is 7.34. The van der Waals surface area contributed by atoms with Crippen LogP contribution in [0.2, 0.25) is 0 Å². The average molecular weight is 381 g/mol. The first kappa shape index (κ1) is 20.3. The van der Waals surface area contributed by atoms with Crippen LogP contribution in [0.3, 0.4) is 0 Å². The number of carbonyl (C=O) groups is 1. The molecule has 0 unspecified atom stereocenters. The Morgan fingerprint density at radius 1 is 1.00 bits per heavy atom. The molecule has 1 aromatic heterocycles. The maximum absolute atomic E-state index is 13.2. The van der Waals surface area contributed by atoms with E-state index < -0.39 is 0 Å². The molecule has 0 radical (unpaired) electrons. The van der Waals surface area contributed by atoms with Crippen molar-refractivity contribution in [1.82, 2.24) is 14.8 Å². The minimum Gasteiger partial charge on any atom is -0.357 e. The van der Waals surface area contributed by atoms with Crippen molar-refractivity contribution in [2.24, 2.45) is 0 Å². The largest absolute Gasteiger partial charge is 0.357 e. The second-order valence-electron chi connectivity index (χ2n) is 7.34. The molecule has 2 aromatic rings. The molecule has 1 amide bonds. The molecule has 1 aliphatic rings.